The van der Waals surface area contributed by atoms with Gasteiger partial charge in [0.25, 0.3) is 5.69 Å². The van der Waals surface area contributed by atoms with Crippen LogP contribution in [0.5, 0.6) is 0 Å². The first-order chi connectivity index (χ1) is 9.85. The smallest absolute Gasteiger partial charge is 0.280 e. The second-order valence-electron chi connectivity index (χ2n) is 5.76. The number of hydrogen-bond donors (Lipinski definition) is 0. The highest BCUT2D eigenvalue weighted by molar-refractivity contribution is 5.83. The van der Waals surface area contributed by atoms with Crippen molar-refractivity contribution in [2.75, 3.05) is 38.6 Å². The maximum atomic E-state index is 11.1. The van der Waals surface area contributed by atoms with Crippen molar-refractivity contribution in [2.24, 2.45) is 5.92 Å². The van der Waals surface area contributed by atoms with Crippen molar-refractivity contribution in [3.63, 3.8) is 0 Å². The molecule has 6 heteroatoms. The molecule has 0 saturated heterocycles. The fraction of sp³-hybridized carbons (Fsp3) is 0.533. The number of carbonyl (C=O) groups excluding carboxylic acids is 1. The van der Waals surface area contributed by atoms with Gasteiger partial charge in [-0.15, -0.1) is 0 Å². The van der Waals surface area contributed by atoms with Gasteiger partial charge in [0, 0.05) is 31.4 Å². The Kier molecular flexibility index (Phi) is 6.30. The molecule has 21 heavy (non-hydrogen) atoms. The fourth-order valence-electron chi connectivity index (χ4n) is 2.09. The molecule has 0 aliphatic heterocycles. The van der Waals surface area contributed by atoms with E-state index in [-0.39, 0.29) is 11.3 Å². The first-order valence-corrected chi connectivity index (χ1v) is 6.98. The topological polar surface area (TPSA) is 66.7 Å². The van der Waals surface area contributed by atoms with Gasteiger partial charge in [-0.2, -0.15) is 0 Å². The molecule has 0 aliphatic rings. The molecule has 1 rings (SSSR count). The molecule has 0 N–H and O–H groups in total. The molecule has 0 aliphatic carbocycles. The Morgan fingerprint density at radius 1 is 1.29 bits per heavy atom. The summed E-state index contributed by atoms with van der Waals surface area (Å²) in [5, 5.41) is 10.9. The number of likely N-dealkylation sites (N-methyl/N-ethyl adjacent to an activating group) is 1. The molecule has 1 aromatic carbocycles. The minimum Gasteiger partial charge on any atom is -0.370 e. The van der Waals surface area contributed by atoms with E-state index in [4.69, 9.17) is 0 Å². The number of nitro groups is 1. The number of nitro benzene ring substituents is 1. The first-order valence-electron chi connectivity index (χ1n) is 6.98. The Labute approximate surface area is 125 Å². The second kappa shape index (κ2) is 7.73. The molecule has 0 aromatic heterocycles. The molecule has 6 nitrogen and oxygen atoms in total. The monoisotopic (exact) mass is 293 g/mol. The van der Waals surface area contributed by atoms with Crippen LogP contribution in [0.3, 0.4) is 0 Å². The maximum Gasteiger partial charge on any atom is 0.280 e. The van der Waals surface area contributed by atoms with Crippen molar-refractivity contribution in [1.29, 1.82) is 0 Å². The molecule has 0 spiro atoms. The molecular weight excluding hydrogens is 270 g/mol. The third kappa shape index (κ3) is 5.15. The van der Waals surface area contributed by atoms with Gasteiger partial charge >= 0.3 is 0 Å². The van der Waals surface area contributed by atoms with Crippen LogP contribution in [0.15, 0.2) is 18.2 Å². The maximum absolute atomic E-state index is 11.1. The van der Waals surface area contributed by atoms with E-state index < -0.39 is 4.92 Å². The van der Waals surface area contributed by atoms with Crippen LogP contribution in [0.4, 0.5) is 11.4 Å². The summed E-state index contributed by atoms with van der Waals surface area (Å²) in [6, 6.07) is 4.72. The van der Waals surface area contributed by atoms with Gasteiger partial charge in [-0.25, -0.2) is 0 Å². The lowest BCUT2D eigenvalue weighted by Gasteiger charge is -2.28. The lowest BCUT2D eigenvalue weighted by molar-refractivity contribution is -0.385. The lowest BCUT2D eigenvalue weighted by Crippen LogP contribution is -2.34. The largest absolute Gasteiger partial charge is 0.370 e. The normalized spacial score (nSPS) is 11.0. The highest BCUT2D eigenvalue weighted by Gasteiger charge is 2.16. The SMILES string of the molecule is CC(C)CN(CCN(C)C)c1ccc([N+](=O)[O-])c(C=O)c1. The van der Waals surface area contributed by atoms with Crippen LogP contribution in [0, 0.1) is 16.0 Å². The zero-order valence-corrected chi connectivity index (χ0v) is 13.1. The number of nitrogens with zero attached hydrogens (tertiary/aromatic N) is 3. The quantitative estimate of drug-likeness (QED) is 0.418. The van der Waals surface area contributed by atoms with Gasteiger partial charge in [0.2, 0.25) is 0 Å². The van der Waals surface area contributed by atoms with Crippen molar-refractivity contribution in [3.8, 4) is 0 Å². The number of rotatable bonds is 8. The molecule has 0 unspecified atom stereocenters. The van der Waals surface area contributed by atoms with E-state index in [1.807, 2.05) is 14.1 Å². The molecule has 0 atom stereocenters. The summed E-state index contributed by atoms with van der Waals surface area (Å²) in [4.78, 5) is 25.7. The number of anilines is 1. The van der Waals surface area contributed by atoms with Crippen molar-refractivity contribution in [1.82, 2.24) is 4.90 Å². The zero-order chi connectivity index (χ0) is 16.0. The van der Waals surface area contributed by atoms with Crippen LogP contribution >= 0.6 is 0 Å². The molecule has 0 fully saturated rings. The van der Waals surface area contributed by atoms with Gasteiger partial charge in [-0.3, -0.25) is 14.9 Å². The number of aldehydes is 1. The fourth-order valence-corrected chi connectivity index (χ4v) is 2.09. The number of hydrogen-bond acceptors (Lipinski definition) is 5. The summed E-state index contributed by atoms with van der Waals surface area (Å²) < 4.78 is 0. The van der Waals surface area contributed by atoms with E-state index in [1.165, 1.54) is 6.07 Å². The summed E-state index contributed by atoms with van der Waals surface area (Å²) in [6.07, 6.45) is 0.543. The van der Waals surface area contributed by atoms with Crippen LogP contribution in [-0.4, -0.2) is 49.8 Å². The number of carbonyl (C=O) groups is 1. The number of benzene rings is 1. The van der Waals surface area contributed by atoms with E-state index in [0.717, 1.165) is 25.3 Å². The van der Waals surface area contributed by atoms with Gasteiger partial charge in [-0.05, 0) is 32.1 Å². The molecule has 116 valence electrons. The van der Waals surface area contributed by atoms with Gasteiger partial charge in [0.05, 0.1) is 10.5 Å². The minimum atomic E-state index is -0.528. The van der Waals surface area contributed by atoms with E-state index in [1.54, 1.807) is 12.1 Å². The predicted molar refractivity (Wildman–Crippen MR) is 84.1 cm³/mol. The summed E-state index contributed by atoms with van der Waals surface area (Å²) in [5.74, 6) is 0.460. The molecule has 0 saturated carbocycles. The molecule has 0 radical (unpaired) electrons. The Hall–Kier alpha value is -1.95. The van der Waals surface area contributed by atoms with Gasteiger partial charge in [0.15, 0.2) is 6.29 Å². The predicted octanol–water partition coefficient (Wildman–Crippen LogP) is 2.43. The second-order valence-corrected chi connectivity index (χ2v) is 5.76. The van der Waals surface area contributed by atoms with E-state index >= 15 is 0 Å². The van der Waals surface area contributed by atoms with Crippen molar-refractivity contribution >= 4 is 17.7 Å². The Balaban J connectivity index is 3.06. The Morgan fingerprint density at radius 2 is 1.95 bits per heavy atom. The summed E-state index contributed by atoms with van der Waals surface area (Å²) in [7, 11) is 4.00. The molecule has 0 bridgehead atoms. The van der Waals surface area contributed by atoms with Crippen LogP contribution in [-0.2, 0) is 0 Å². The van der Waals surface area contributed by atoms with Gasteiger partial charge in [0.1, 0.15) is 0 Å². The average Bonchev–Trinajstić information content (AvgIpc) is 2.42. The lowest BCUT2D eigenvalue weighted by atomic mass is 10.1. The van der Waals surface area contributed by atoms with Crippen molar-refractivity contribution in [3.05, 3.63) is 33.9 Å². The van der Waals surface area contributed by atoms with E-state index in [9.17, 15) is 14.9 Å². The molecule has 0 amide bonds. The molecule has 1 aromatic rings. The Bertz CT molecular complexity index is 501. The van der Waals surface area contributed by atoms with Gasteiger partial charge in [-0.1, -0.05) is 13.8 Å². The summed E-state index contributed by atoms with van der Waals surface area (Å²) >= 11 is 0. The summed E-state index contributed by atoms with van der Waals surface area (Å²) in [6.45, 7) is 6.76. The van der Waals surface area contributed by atoms with Crippen LogP contribution < -0.4 is 4.90 Å². The third-order valence-electron chi connectivity index (χ3n) is 3.10. The third-order valence-corrected chi connectivity index (χ3v) is 3.10. The first kappa shape index (κ1) is 17.1. The van der Waals surface area contributed by atoms with E-state index in [2.05, 4.69) is 23.6 Å². The van der Waals surface area contributed by atoms with Crippen molar-refractivity contribution < 1.29 is 9.72 Å². The van der Waals surface area contributed by atoms with Crippen molar-refractivity contribution in [2.45, 2.75) is 13.8 Å². The zero-order valence-electron chi connectivity index (χ0n) is 13.1. The highest BCUT2D eigenvalue weighted by Crippen LogP contribution is 2.24. The average molecular weight is 293 g/mol. The Morgan fingerprint density at radius 3 is 2.43 bits per heavy atom. The summed E-state index contributed by atoms with van der Waals surface area (Å²) in [5.41, 5.74) is 0.820. The highest BCUT2D eigenvalue weighted by atomic mass is 16.6. The minimum absolute atomic E-state index is 0.121. The van der Waals surface area contributed by atoms with Crippen LogP contribution in [0.25, 0.3) is 0 Å². The van der Waals surface area contributed by atoms with E-state index in [0.29, 0.717) is 12.2 Å². The molecular formula is C15H23N3O3. The standard InChI is InChI=1S/C15H23N3O3/c1-12(2)10-17(8-7-16(3)4)14-5-6-15(18(20)21)13(9-14)11-19/h5-6,9,11-12H,7-8,10H2,1-4H3. The van der Waals surface area contributed by atoms with Crippen LogP contribution in [0.2, 0.25) is 0 Å². The van der Waals surface area contributed by atoms with Gasteiger partial charge < -0.3 is 9.80 Å². The van der Waals surface area contributed by atoms with Crippen LogP contribution in [0.1, 0.15) is 24.2 Å². The molecule has 0 heterocycles.